The number of nitrogens with one attached hydrogen (secondary N) is 1. The number of fused-ring (bicyclic) bond motifs is 3. The van der Waals surface area contributed by atoms with Crippen LogP contribution in [0.3, 0.4) is 0 Å². The number of aliphatic hydroxyl groups excluding tert-OH is 2. The van der Waals surface area contributed by atoms with E-state index < -0.39 is 63.8 Å². The number of amides is 2. The maximum absolute atomic E-state index is 13.4. The normalized spacial score (nSPS) is 28.9. The Morgan fingerprint density at radius 1 is 1.24 bits per heavy atom. The molecule has 0 saturated carbocycles. The smallest absolute Gasteiger partial charge is 0.255 e. The Morgan fingerprint density at radius 3 is 2.48 bits per heavy atom. The van der Waals surface area contributed by atoms with Gasteiger partial charge in [0.05, 0.1) is 11.6 Å². The Bertz CT molecular complexity index is 1180. The van der Waals surface area contributed by atoms with Gasteiger partial charge in [0, 0.05) is 17.2 Å². The molecule has 0 saturated heterocycles. The second kappa shape index (κ2) is 7.42. The molecule has 11 heteroatoms. The van der Waals surface area contributed by atoms with Crippen LogP contribution in [0.1, 0.15) is 22.3 Å². The van der Waals surface area contributed by atoms with Crippen molar-refractivity contribution in [1.29, 1.82) is 0 Å². The number of nitrogens with zero attached hydrogens (tertiary/aromatic N) is 1. The number of anilines is 1. The van der Waals surface area contributed by atoms with E-state index in [1.54, 1.807) is 14.1 Å². The fourth-order valence-electron chi connectivity index (χ4n) is 5.45. The van der Waals surface area contributed by atoms with Crippen molar-refractivity contribution in [3.63, 3.8) is 0 Å². The Hall–Kier alpha value is -3.70. The summed E-state index contributed by atoms with van der Waals surface area (Å²) in [7, 11) is 3.11. The number of rotatable bonds is 4. The molecule has 0 bridgehead atoms. The Kier molecular flexibility index (Phi) is 5.06. The van der Waals surface area contributed by atoms with Gasteiger partial charge in [-0.05, 0) is 50.6 Å². The molecule has 174 valence electrons. The monoisotopic (exact) mass is 457 g/mol. The Morgan fingerprint density at radius 2 is 1.91 bits per heavy atom. The van der Waals surface area contributed by atoms with Crippen molar-refractivity contribution in [1.82, 2.24) is 4.90 Å². The van der Waals surface area contributed by atoms with Gasteiger partial charge in [-0.1, -0.05) is 0 Å². The molecule has 0 unspecified atom stereocenters. The summed E-state index contributed by atoms with van der Waals surface area (Å²) in [5.74, 6) is -7.16. The second-order valence-corrected chi connectivity index (χ2v) is 8.71. The van der Waals surface area contributed by atoms with Crippen LogP contribution >= 0.6 is 0 Å². The number of allylic oxidation sites excluding steroid dienone is 1. The van der Waals surface area contributed by atoms with Gasteiger partial charge in [-0.3, -0.25) is 24.1 Å². The van der Waals surface area contributed by atoms with Crippen LogP contribution in [0.2, 0.25) is 0 Å². The maximum atomic E-state index is 13.4. The third kappa shape index (κ3) is 2.89. The van der Waals surface area contributed by atoms with E-state index in [1.807, 2.05) is 0 Å². The summed E-state index contributed by atoms with van der Waals surface area (Å²) < 4.78 is 0. The van der Waals surface area contributed by atoms with E-state index in [0.717, 1.165) is 0 Å². The molecule has 3 aliphatic carbocycles. The number of benzene rings is 1. The third-order valence-electron chi connectivity index (χ3n) is 6.82. The fourth-order valence-corrected chi connectivity index (χ4v) is 5.45. The summed E-state index contributed by atoms with van der Waals surface area (Å²) in [4.78, 5) is 51.0. The van der Waals surface area contributed by atoms with Crippen molar-refractivity contribution >= 4 is 29.6 Å². The minimum Gasteiger partial charge on any atom is -0.510 e. The van der Waals surface area contributed by atoms with Crippen molar-refractivity contribution in [2.75, 3.05) is 19.4 Å². The van der Waals surface area contributed by atoms with Crippen LogP contribution in [-0.4, -0.2) is 74.9 Å². The zero-order chi connectivity index (χ0) is 24.4. The predicted octanol–water partition coefficient (Wildman–Crippen LogP) is -0.311. The van der Waals surface area contributed by atoms with Crippen LogP contribution in [0.25, 0.3) is 0 Å². The maximum Gasteiger partial charge on any atom is 0.255 e. The van der Waals surface area contributed by atoms with Crippen molar-refractivity contribution in [2.45, 2.75) is 24.5 Å². The lowest BCUT2D eigenvalue weighted by molar-refractivity contribution is -0.148. The Balaban J connectivity index is 1.97. The van der Waals surface area contributed by atoms with E-state index in [9.17, 15) is 39.6 Å². The highest BCUT2D eigenvalue weighted by Crippen LogP contribution is 2.52. The lowest BCUT2D eigenvalue weighted by Crippen LogP contribution is -2.63. The quantitative estimate of drug-likeness (QED) is 0.200. The van der Waals surface area contributed by atoms with Gasteiger partial charge in [-0.15, -0.1) is 0 Å². The van der Waals surface area contributed by atoms with Crippen molar-refractivity contribution in [2.24, 2.45) is 17.6 Å². The molecule has 0 heterocycles. The minimum absolute atomic E-state index is 0.0258. The van der Waals surface area contributed by atoms with Crippen LogP contribution in [0, 0.1) is 11.8 Å². The number of phenolic OH excluding ortho intramolecular Hbond substituents is 1. The number of phenols is 1. The molecule has 7 N–H and O–H groups in total. The number of carbonyl (C=O) groups is 4. The number of aromatic hydroxyl groups is 1. The summed E-state index contributed by atoms with van der Waals surface area (Å²) in [6.07, 6.45) is 0.497. The zero-order valence-electron chi connectivity index (χ0n) is 17.8. The molecule has 1 aromatic carbocycles. The van der Waals surface area contributed by atoms with Gasteiger partial charge in [0.1, 0.15) is 22.8 Å². The molecule has 11 nitrogen and oxygen atoms in total. The zero-order valence-corrected chi connectivity index (χ0v) is 17.8. The number of hydrogen-bond acceptors (Lipinski definition) is 9. The van der Waals surface area contributed by atoms with E-state index >= 15 is 0 Å². The SMILES string of the molecule is CN(C)[C@@H]1C(O)=C(C(N)=O)C(=O)[C@@]2(O)C(O)=C3C(=O)c4c(O)ccc(NC=O)c4C[C@H]3C[C@@H]12. The molecule has 0 fully saturated rings. The van der Waals surface area contributed by atoms with E-state index in [4.69, 9.17) is 5.73 Å². The molecular weight excluding hydrogens is 434 g/mol. The molecule has 0 spiro atoms. The van der Waals surface area contributed by atoms with Gasteiger partial charge >= 0.3 is 0 Å². The number of carbonyl (C=O) groups excluding carboxylic acids is 4. The third-order valence-corrected chi connectivity index (χ3v) is 6.82. The summed E-state index contributed by atoms with van der Waals surface area (Å²) >= 11 is 0. The molecule has 4 atom stereocenters. The standard InChI is InChI=1S/C22H23N3O8/c1-25(2)16-10-6-8-5-9-11(24-7-26)3-4-12(27)14(9)17(28)13(8)19(30)22(10,33)20(31)15(18(16)29)21(23)32/h3-4,7-8,10,16,27,29-30,33H,5-6H2,1-2H3,(H2,23,32)(H,24,26)/t8-,10-,16-,22-/m0/s1. The fraction of sp³-hybridized carbons (Fsp3) is 0.364. The Labute approximate surface area is 187 Å². The molecule has 0 aliphatic heterocycles. The molecule has 4 rings (SSSR count). The topological polar surface area (TPSA) is 190 Å². The van der Waals surface area contributed by atoms with Crippen LogP contribution in [0.5, 0.6) is 5.75 Å². The largest absolute Gasteiger partial charge is 0.510 e. The van der Waals surface area contributed by atoms with E-state index in [1.165, 1.54) is 17.0 Å². The van der Waals surface area contributed by atoms with Gasteiger partial charge in [-0.2, -0.15) is 0 Å². The highest BCUT2D eigenvalue weighted by Gasteiger charge is 2.63. The molecule has 0 aromatic heterocycles. The summed E-state index contributed by atoms with van der Waals surface area (Å²) in [5.41, 5.74) is 1.97. The number of aliphatic hydroxyl groups is 3. The van der Waals surface area contributed by atoms with Crippen molar-refractivity contribution in [3.8, 4) is 5.75 Å². The van der Waals surface area contributed by atoms with Gasteiger partial charge in [0.15, 0.2) is 11.4 Å². The molecule has 33 heavy (non-hydrogen) atoms. The first kappa shape index (κ1) is 22.5. The molecule has 2 amide bonds. The van der Waals surface area contributed by atoms with Crippen molar-refractivity contribution < 1.29 is 39.6 Å². The van der Waals surface area contributed by atoms with Crippen LogP contribution < -0.4 is 11.1 Å². The van der Waals surface area contributed by atoms with Crippen LogP contribution in [0.15, 0.2) is 34.8 Å². The van der Waals surface area contributed by atoms with Gasteiger partial charge in [0.2, 0.25) is 12.2 Å². The second-order valence-electron chi connectivity index (χ2n) is 8.71. The van der Waals surface area contributed by atoms with E-state index in [0.29, 0.717) is 17.7 Å². The number of primary amides is 1. The molecule has 0 radical (unpaired) electrons. The first-order valence-electron chi connectivity index (χ1n) is 10.2. The van der Waals surface area contributed by atoms with Gasteiger partial charge < -0.3 is 31.5 Å². The number of hydrogen-bond donors (Lipinski definition) is 6. The average Bonchev–Trinajstić information content (AvgIpc) is 2.72. The van der Waals surface area contributed by atoms with Gasteiger partial charge in [-0.25, -0.2) is 0 Å². The van der Waals surface area contributed by atoms with Gasteiger partial charge in [0.25, 0.3) is 5.91 Å². The summed E-state index contributed by atoms with van der Waals surface area (Å²) in [6, 6.07) is 1.58. The first-order valence-corrected chi connectivity index (χ1v) is 10.2. The first-order chi connectivity index (χ1) is 15.5. The average molecular weight is 457 g/mol. The predicted molar refractivity (Wildman–Crippen MR) is 113 cm³/mol. The molecule has 3 aliphatic rings. The minimum atomic E-state index is -2.68. The van der Waals surface area contributed by atoms with Crippen LogP contribution in [0.4, 0.5) is 5.69 Å². The van der Waals surface area contributed by atoms with E-state index in [2.05, 4.69) is 5.32 Å². The highest BCUT2D eigenvalue weighted by atomic mass is 16.3. The van der Waals surface area contributed by atoms with Crippen molar-refractivity contribution in [3.05, 3.63) is 45.9 Å². The highest BCUT2D eigenvalue weighted by molar-refractivity contribution is 6.24. The molecular formula is C22H23N3O8. The number of likely N-dealkylation sites (N-methyl/N-ethyl adjacent to an activating group) is 1. The lowest BCUT2D eigenvalue weighted by atomic mass is 9.58. The number of Topliss-reactive ketones (excluding diaryl/α,β-unsaturated/α-hetero) is 2. The number of ketones is 2. The van der Waals surface area contributed by atoms with E-state index in [-0.39, 0.29) is 24.0 Å². The molecule has 1 aromatic rings. The summed E-state index contributed by atoms with van der Waals surface area (Å²) in [6.45, 7) is 0. The number of nitrogens with two attached hydrogens (primary N) is 1. The van der Waals surface area contributed by atoms with Crippen LogP contribution in [-0.2, 0) is 20.8 Å². The lowest BCUT2D eigenvalue weighted by Gasteiger charge is -2.50. The summed E-state index contributed by atoms with van der Waals surface area (Å²) in [5, 5.41) is 46.1.